The van der Waals surface area contributed by atoms with Crippen LogP contribution in [0.25, 0.3) is 0 Å². The first-order chi connectivity index (χ1) is 11.8. The lowest BCUT2D eigenvalue weighted by Crippen LogP contribution is -2.44. The van der Waals surface area contributed by atoms with Crippen LogP contribution in [0.4, 0.5) is 0 Å². The Hall–Kier alpha value is -2.59. The van der Waals surface area contributed by atoms with Crippen LogP contribution in [0.3, 0.4) is 0 Å². The van der Waals surface area contributed by atoms with Crippen LogP contribution >= 0.6 is 0 Å². The number of aryl methyl sites for hydroxylation is 1. The maximum atomic E-state index is 12.4. The van der Waals surface area contributed by atoms with E-state index >= 15 is 0 Å². The summed E-state index contributed by atoms with van der Waals surface area (Å²) in [5.74, 6) is 1.12. The molecule has 9 nitrogen and oxygen atoms in total. The topological polar surface area (TPSA) is 109 Å². The summed E-state index contributed by atoms with van der Waals surface area (Å²) in [6.07, 6.45) is 0.460. The number of ether oxygens (including phenoxy) is 2. The monoisotopic (exact) mass is 367 g/mol. The molecule has 1 N–H and O–H groups in total. The Labute approximate surface area is 143 Å². The van der Waals surface area contributed by atoms with Crippen molar-refractivity contribution in [2.45, 2.75) is 11.0 Å². The molecule has 1 atom stereocenters. The Morgan fingerprint density at radius 3 is 2.60 bits per heavy atom. The average molecular weight is 367 g/mol. The quantitative estimate of drug-likeness (QED) is 0.758. The van der Waals surface area contributed by atoms with Crippen molar-refractivity contribution in [1.82, 2.24) is 13.9 Å². The van der Waals surface area contributed by atoms with Gasteiger partial charge in [0.05, 0.1) is 6.54 Å². The SMILES string of the molecule is Cn1cc(S(=O)(=O)NC[C@H]2COc3ccccc3O2)c(=O)n(C)c1=O. The molecule has 3 rings (SSSR count). The number of hydrogen-bond donors (Lipinski definition) is 1. The maximum absolute atomic E-state index is 12.4. The fraction of sp³-hybridized carbons (Fsp3) is 0.333. The number of para-hydroxylation sites is 2. The first kappa shape index (κ1) is 17.2. The van der Waals surface area contributed by atoms with Gasteiger partial charge < -0.3 is 14.0 Å². The molecular weight excluding hydrogens is 350 g/mol. The minimum absolute atomic E-state index is 0.0807. The van der Waals surface area contributed by atoms with Gasteiger partial charge in [-0.3, -0.25) is 9.36 Å². The van der Waals surface area contributed by atoms with Crippen molar-refractivity contribution in [2.24, 2.45) is 14.1 Å². The highest BCUT2D eigenvalue weighted by Crippen LogP contribution is 2.30. The third-order valence-corrected chi connectivity index (χ3v) is 5.18. The molecule has 134 valence electrons. The van der Waals surface area contributed by atoms with E-state index in [2.05, 4.69) is 4.72 Å². The third kappa shape index (κ3) is 3.30. The van der Waals surface area contributed by atoms with E-state index < -0.39 is 32.3 Å². The molecule has 2 aromatic rings. The summed E-state index contributed by atoms with van der Waals surface area (Å²) in [7, 11) is -1.52. The zero-order valence-corrected chi connectivity index (χ0v) is 14.4. The van der Waals surface area contributed by atoms with Crippen LogP contribution in [-0.2, 0) is 24.1 Å². The van der Waals surface area contributed by atoms with Crippen LogP contribution in [0.5, 0.6) is 11.5 Å². The Morgan fingerprint density at radius 1 is 1.20 bits per heavy atom. The Kier molecular flexibility index (Phi) is 4.39. The molecule has 2 heterocycles. The third-order valence-electron chi connectivity index (χ3n) is 3.77. The number of nitrogens with zero attached hydrogens (tertiary/aromatic N) is 2. The lowest BCUT2D eigenvalue weighted by Gasteiger charge is -2.26. The first-order valence-electron chi connectivity index (χ1n) is 7.44. The molecular formula is C15H17N3O6S. The van der Waals surface area contributed by atoms with E-state index in [4.69, 9.17) is 9.47 Å². The lowest BCUT2D eigenvalue weighted by atomic mass is 10.2. The zero-order valence-electron chi connectivity index (χ0n) is 13.6. The molecule has 0 radical (unpaired) electrons. The molecule has 0 saturated heterocycles. The summed E-state index contributed by atoms with van der Waals surface area (Å²) in [5, 5.41) is 0. The fourth-order valence-corrected chi connectivity index (χ4v) is 3.63. The number of hydrogen-bond acceptors (Lipinski definition) is 6. The average Bonchev–Trinajstić information content (AvgIpc) is 2.61. The number of benzene rings is 1. The molecule has 1 aliphatic heterocycles. The minimum Gasteiger partial charge on any atom is -0.486 e. The molecule has 0 unspecified atom stereocenters. The highest BCUT2D eigenvalue weighted by molar-refractivity contribution is 7.89. The second-order valence-corrected chi connectivity index (χ2v) is 7.34. The van der Waals surface area contributed by atoms with E-state index in [0.717, 1.165) is 15.3 Å². The predicted molar refractivity (Wildman–Crippen MR) is 88.5 cm³/mol. The standard InChI is InChI=1S/C15H17N3O6S/c1-17-8-13(14(19)18(2)15(17)20)25(21,22)16-7-10-9-23-11-5-3-4-6-12(11)24-10/h3-6,8,10,16H,7,9H2,1-2H3/t10-/m0/s1. The van der Waals surface area contributed by atoms with E-state index in [9.17, 15) is 18.0 Å². The maximum Gasteiger partial charge on any atom is 0.330 e. The van der Waals surface area contributed by atoms with Crippen LogP contribution in [0, 0.1) is 0 Å². The van der Waals surface area contributed by atoms with Crippen molar-refractivity contribution in [3.8, 4) is 11.5 Å². The summed E-state index contributed by atoms with van der Waals surface area (Å²) < 4.78 is 40.1. The molecule has 0 spiro atoms. The molecule has 0 bridgehead atoms. The van der Waals surface area contributed by atoms with Gasteiger partial charge in [-0.15, -0.1) is 0 Å². The molecule has 1 aromatic heterocycles. The molecule has 25 heavy (non-hydrogen) atoms. The van der Waals surface area contributed by atoms with Crippen molar-refractivity contribution < 1.29 is 17.9 Å². The number of aromatic nitrogens is 2. The van der Waals surface area contributed by atoms with Gasteiger partial charge in [0, 0.05) is 20.3 Å². The van der Waals surface area contributed by atoms with E-state index in [1.807, 2.05) is 0 Å². The summed E-state index contributed by atoms with van der Waals surface area (Å²) in [6.45, 7) is 0.0908. The number of nitrogens with one attached hydrogen (secondary N) is 1. The Morgan fingerprint density at radius 2 is 1.88 bits per heavy atom. The summed E-state index contributed by atoms with van der Waals surface area (Å²) in [5.41, 5.74) is -1.49. The molecule has 0 saturated carbocycles. The highest BCUT2D eigenvalue weighted by Gasteiger charge is 2.26. The van der Waals surface area contributed by atoms with Gasteiger partial charge in [-0.2, -0.15) is 0 Å². The zero-order chi connectivity index (χ0) is 18.2. The molecule has 0 amide bonds. The van der Waals surface area contributed by atoms with E-state index in [1.54, 1.807) is 24.3 Å². The van der Waals surface area contributed by atoms with Gasteiger partial charge in [-0.05, 0) is 12.1 Å². The van der Waals surface area contributed by atoms with Gasteiger partial charge in [0.1, 0.15) is 12.7 Å². The summed E-state index contributed by atoms with van der Waals surface area (Å²) in [6, 6.07) is 7.06. The van der Waals surface area contributed by atoms with Crippen molar-refractivity contribution in [3.05, 3.63) is 51.3 Å². The summed E-state index contributed by atoms with van der Waals surface area (Å²) in [4.78, 5) is 23.2. The van der Waals surface area contributed by atoms with Crippen LogP contribution in [0.15, 0.2) is 44.9 Å². The second kappa shape index (κ2) is 6.37. The molecule has 0 fully saturated rings. The Bertz CT molecular complexity index is 1020. The van der Waals surface area contributed by atoms with E-state index in [-0.39, 0.29) is 13.2 Å². The van der Waals surface area contributed by atoms with Gasteiger partial charge in [0.25, 0.3) is 5.56 Å². The van der Waals surface area contributed by atoms with Crippen molar-refractivity contribution in [3.63, 3.8) is 0 Å². The van der Waals surface area contributed by atoms with Crippen molar-refractivity contribution in [1.29, 1.82) is 0 Å². The fourth-order valence-electron chi connectivity index (χ4n) is 2.40. The van der Waals surface area contributed by atoms with E-state index in [0.29, 0.717) is 11.5 Å². The first-order valence-corrected chi connectivity index (χ1v) is 8.93. The van der Waals surface area contributed by atoms with Gasteiger partial charge in [0.15, 0.2) is 16.4 Å². The number of fused-ring (bicyclic) bond motifs is 1. The van der Waals surface area contributed by atoms with Gasteiger partial charge in [-0.1, -0.05) is 12.1 Å². The van der Waals surface area contributed by atoms with Gasteiger partial charge >= 0.3 is 5.69 Å². The van der Waals surface area contributed by atoms with E-state index in [1.165, 1.54) is 14.1 Å². The number of sulfonamides is 1. The molecule has 10 heteroatoms. The number of rotatable bonds is 4. The largest absolute Gasteiger partial charge is 0.486 e. The predicted octanol–water partition coefficient (Wildman–Crippen LogP) is -0.798. The van der Waals surface area contributed by atoms with Gasteiger partial charge in [-0.25, -0.2) is 17.9 Å². The summed E-state index contributed by atoms with van der Waals surface area (Å²) >= 11 is 0. The molecule has 1 aromatic carbocycles. The van der Waals surface area contributed by atoms with Crippen LogP contribution in [0.2, 0.25) is 0 Å². The van der Waals surface area contributed by atoms with Gasteiger partial charge in [0.2, 0.25) is 10.0 Å². The smallest absolute Gasteiger partial charge is 0.330 e. The lowest BCUT2D eigenvalue weighted by molar-refractivity contribution is 0.0943. The van der Waals surface area contributed by atoms with Crippen molar-refractivity contribution >= 4 is 10.0 Å². The Balaban J connectivity index is 1.78. The van der Waals surface area contributed by atoms with Crippen LogP contribution < -0.4 is 25.4 Å². The van der Waals surface area contributed by atoms with Crippen LogP contribution in [0.1, 0.15) is 0 Å². The minimum atomic E-state index is -4.11. The molecule has 1 aliphatic rings. The normalized spacial score (nSPS) is 16.6. The highest BCUT2D eigenvalue weighted by atomic mass is 32.2. The second-order valence-electron chi connectivity index (χ2n) is 5.60. The van der Waals surface area contributed by atoms with Crippen molar-refractivity contribution in [2.75, 3.05) is 13.2 Å². The van der Waals surface area contributed by atoms with Crippen LogP contribution in [-0.4, -0.2) is 36.8 Å². The molecule has 0 aliphatic carbocycles.